The summed E-state index contributed by atoms with van der Waals surface area (Å²) in [6.45, 7) is 6.77. The van der Waals surface area contributed by atoms with Crippen LogP contribution < -0.4 is 5.32 Å². The van der Waals surface area contributed by atoms with Gasteiger partial charge in [-0.3, -0.25) is 0 Å². The Morgan fingerprint density at radius 2 is 2.50 bits per heavy atom. The Hall–Kier alpha value is -0.120. The second kappa shape index (κ2) is 2.44. The van der Waals surface area contributed by atoms with Crippen LogP contribution in [0.2, 0.25) is 0 Å². The number of nitrogens with one attached hydrogen (secondary N) is 1. The van der Waals surface area contributed by atoms with Crippen molar-refractivity contribution in [2.75, 3.05) is 39.3 Å². The molecule has 0 aliphatic carbocycles. The summed E-state index contributed by atoms with van der Waals surface area (Å²) in [5, 5.41) is 3.45. The molecule has 3 nitrogen and oxygen atoms in total. The van der Waals surface area contributed by atoms with Gasteiger partial charge in [-0.25, -0.2) is 0 Å². The van der Waals surface area contributed by atoms with Crippen molar-refractivity contribution < 1.29 is 4.74 Å². The van der Waals surface area contributed by atoms with Gasteiger partial charge in [0.2, 0.25) is 0 Å². The minimum atomic E-state index is 0.205. The van der Waals surface area contributed by atoms with Gasteiger partial charge in [0.05, 0.1) is 12.2 Å². The van der Waals surface area contributed by atoms with E-state index < -0.39 is 0 Å². The molecule has 1 spiro atoms. The van der Waals surface area contributed by atoms with E-state index in [0.29, 0.717) is 0 Å². The van der Waals surface area contributed by atoms with Gasteiger partial charge in [-0.05, 0) is 13.0 Å². The molecular formula is C9H16N2O. The van der Waals surface area contributed by atoms with E-state index in [1.807, 2.05) is 0 Å². The highest BCUT2D eigenvalue weighted by atomic mass is 16.5. The van der Waals surface area contributed by atoms with Crippen LogP contribution in [0.3, 0.4) is 0 Å². The van der Waals surface area contributed by atoms with Crippen LogP contribution in [0.15, 0.2) is 0 Å². The van der Waals surface area contributed by atoms with E-state index in [2.05, 4.69) is 10.2 Å². The first-order chi connectivity index (χ1) is 5.89. The molecule has 3 rings (SSSR count). The lowest BCUT2D eigenvalue weighted by Crippen LogP contribution is -2.56. The van der Waals surface area contributed by atoms with Crippen LogP contribution in [0.25, 0.3) is 0 Å². The van der Waals surface area contributed by atoms with Crippen LogP contribution in [0.5, 0.6) is 0 Å². The van der Waals surface area contributed by atoms with E-state index in [1.54, 1.807) is 0 Å². The number of fused-ring (bicyclic) bond motifs is 3. The Morgan fingerprint density at radius 1 is 1.50 bits per heavy atom. The molecule has 3 aliphatic rings. The lowest BCUT2D eigenvalue weighted by molar-refractivity contribution is -0.0931. The van der Waals surface area contributed by atoms with E-state index >= 15 is 0 Å². The normalized spacial score (nSPS) is 52.0. The van der Waals surface area contributed by atoms with Gasteiger partial charge in [0.1, 0.15) is 0 Å². The Kier molecular flexibility index (Phi) is 1.48. The Labute approximate surface area is 73.1 Å². The molecule has 0 aromatic heterocycles. The van der Waals surface area contributed by atoms with Crippen LogP contribution in [0.1, 0.15) is 6.42 Å². The summed E-state index contributed by atoms with van der Waals surface area (Å²) in [4.78, 5) is 2.54. The fourth-order valence-electron chi connectivity index (χ4n) is 2.95. The zero-order chi connectivity index (χ0) is 8.02. The van der Waals surface area contributed by atoms with Crippen molar-refractivity contribution in [3.63, 3.8) is 0 Å². The van der Waals surface area contributed by atoms with Gasteiger partial charge < -0.3 is 15.0 Å². The molecule has 0 amide bonds. The smallest absolute Gasteiger partial charge is 0.0973 e. The molecule has 1 N–H and O–H groups in total. The highest BCUT2D eigenvalue weighted by molar-refractivity contribution is 5.05. The van der Waals surface area contributed by atoms with Crippen molar-refractivity contribution in [1.29, 1.82) is 0 Å². The topological polar surface area (TPSA) is 24.5 Å². The van der Waals surface area contributed by atoms with Gasteiger partial charge >= 0.3 is 0 Å². The highest BCUT2D eigenvalue weighted by Crippen LogP contribution is 2.39. The summed E-state index contributed by atoms with van der Waals surface area (Å²) in [7, 11) is 0. The van der Waals surface area contributed by atoms with E-state index in [9.17, 15) is 0 Å². The molecule has 2 bridgehead atoms. The molecule has 3 atom stereocenters. The number of piperidine rings is 1. The molecular weight excluding hydrogens is 152 g/mol. The average molecular weight is 168 g/mol. The van der Waals surface area contributed by atoms with Gasteiger partial charge in [0.15, 0.2) is 0 Å². The third-order valence-corrected chi connectivity index (χ3v) is 3.60. The number of rotatable bonds is 0. The average Bonchev–Trinajstić information content (AvgIpc) is 2.65. The number of hydrogen-bond donors (Lipinski definition) is 1. The van der Waals surface area contributed by atoms with Crippen molar-refractivity contribution in [3.05, 3.63) is 0 Å². The maximum atomic E-state index is 5.96. The van der Waals surface area contributed by atoms with E-state index in [-0.39, 0.29) is 5.60 Å². The standard InChI is InChI=1S/C9H16N2O/c1-3-11-5-8(1)9(7-11)6-10-2-4-12-9/h8,10H,1-7H2/t8-,9+/m0/s1. The predicted octanol–water partition coefficient (Wildman–Crippen LogP) is -0.319. The second-order valence-corrected chi connectivity index (χ2v) is 4.31. The molecule has 3 heterocycles. The second-order valence-electron chi connectivity index (χ2n) is 4.31. The molecule has 3 fully saturated rings. The third-order valence-electron chi connectivity index (χ3n) is 3.60. The summed E-state index contributed by atoms with van der Waals surface area (Å²) in [5.74, 6) is 0.810. The van der Waals surface area contributed by atoms with Gasteiger partial charge in [-0.2, -0.15) is 0 Å². The first kappa shape index (κ1) is 7.30. The summed E-state index contributed by atoms with van der Waals surface area (Å²) in [6, 6.07) is 0. The zero-order valence-corrected chi connectivity index (χ0v) is 7.38. The summed E-state index contributed by atoms with van der Waals surface area (Å²) in [6.07, 6.45) is 1.35. The molecule has 0 aromatic rings. The minimum Gasteiger partial charge on any atom is -0.371 e. The molecule has 0 radical (unpaired) electrons. The van der Waals surface area contributed by atoms with Gasteiger partial charge in [-0.15, -0.1) is 0 Å². The molecule has 3 heteroatoms. The lowest BCUT2D eigenvalue weighted by atomic mass is 9.86. The van der Waals surface area contributed by atoms with Crippen molar-refractivity contribution in [3.8, 4) is 0 Å². The van der Waals surface area contributed by atoms with Gasteiger partial charge in [-0.1, -0.05) is 0 Å². The molecule has 0 saturated carbocycles. The molecule has 3 aliphatic heterocycles. The fourth-order valence-corrected chi connectivity index (χ4v) is 2.95. The molecule has 0 aromatic carbocycles. The van der Waals surface area contributed by atoms with E-state index in [4.69, 9.17) is 4.74 Å². The van der Waals surface area contributed by atoms with Crippen molar-refractivity contribution in [1.82, 2.24) is 10.2 Å². The largest absolute Gasteiger partial charge is 0.371 e. The Bertz CT molecular complexity index is 189. The molecule has 1 unspecified atom stereocenters. The first-order valence-corrected chi connectivity index (χ1v) is 4.96. The van der Waals surface area contributed by atoms with Gasteiger partial charge in [0, 0.05) is 32.1 Å². The number of nitrogens with zero attached hydrogens (tertiary/aromatic N) is 1. The monoisotopic (exact) mass is 168 g/mol. The number of ether oxygens (including phenoxy) is 1. The zero-order valence-electron chi connectivity index (χ0n) is 7.38. The van der Waals surface area contributed by atoms with Crippen molar-refractivity contribution >= 4 is 0 Å². The third kappa shape index (κ3) is 0.873. The maximum absolute atomic E-state index is 5.96. The first-order valence-electron chi connectivity index (χ1n) is 4.96. The van der Waals surface area contributed by atoms with Crippen LogP contribution in [0.4, 0.5) is 0 Å². The number of morpholine rings is 1. The summed E-state index contributed by atoms with van der Waals surface area (Å²) < 4.78 is 5.96. The lowest BCUT2D eigenvalue weighted by Gasteiger charge is -2.40. The number of hydrogen-bond acceptors (Lipinski definition) is 3. The van der Waals surface area contributed by atoms with Crippen LogP contribution >= 0.6 is 0 Å². The Balaban J connectivity index is 1.81. The van der Waals surface area contributed by atoms with Gasteiger partial charge in [0.25, 0.3) is 0 Å². The summed E-state index contributed by atoms with van der Waals surface area (Å²) in [5.41, 5.74) is 0.205. The Morgan fingerprint density at radius 3 is 3.08 bits per heavy atom. The molecule has 68 valence electrons. The minimum absolute atomic E-state index is 0.205. The molecule has 3 saturated heterocycles. The maximum Gasteiger partial charge on any atom is 0.0973 e. The van der Waals surface area contributed by atoms with Crippen LogP contribution in [-0.4, -0.2) is 49.8 Å². The van der Waals surface area contributed by atoms with Crippen LogP contribution in [-0.2, 0) is 4.74 Å². The fraction of sp³-hybridized carbons (Fsp3) is 1.00. The molecule has 12 heavy (non-hydrogen) atoms. The van der Waals surface area contributed by atoms with E-state index in [1.165, 1.54) is 26.1 Å². The summed E-state index contributed by atoms with van der Waals surface area (Å²) >= 11 is 0. The highest BCUT2D eigenvalue weighted by Gasteiger charge is 2.51. The quantitative estimate of drug-likeness (QED) is 0.536. The predicted molar refractivity (Wildman–Crippen MR) is 46.1 cm³/mol. The van der Waals surface area contributed by atoms with E-state index in [0.717, 1.165) is 25.6 Å². The van der Waals surface area contributed by atoms with Crippen molar-refractivity contribution in [2.24, 2.45) is 5.92 Å². The van der Waals surface area contributed by atoms with Crippen molar-refractivity contribution in [2.45, 2.75) is 12.0 Å². The van der Waals surface area contributed by atoms with Crippen LogP contribution in [0, 0.1) is 5.92 Å². The SMILES string of the molecule is C1CO[C@]2(CN1)CN1CC[C@H]2C1.